The van der Waals surface area contributed by atoms with Crippen molar-refractivity contribution in [3.05, 3.63) is 36.3 Å². The van der Waals surface area contributed by atoms with Gasteiger partial charge in [0.15, 0.2) is 5.76 Å². The summed E-state index contributed by atoms with van der Waals surface area (Å²) >= 11 is 0. The third kappa shape index (κ3) is 2.28. The summed E-state index contributed by atoms with van der Waals surface area (Å²) in [7, 11) is -3.52. The molecule has 0 N–H and O–H groups in total. The van der Waals surface area contributed by atoms with Crippen LogP contribution >= 0.6 is 0 Å². The second kappa shape index (κ2) is 4.53. The Balaban J connectivity index is 2.40. The van der Waals surface area contributed by atoms with E-state index >= 15 is 0 Å². The van der Waals surface area contributed by atoms with E-state index in [2.05, 4.69) is 4.98 Å². The molecule has 0 aliphatic carbocycles. The number of oxazole rings is 1. The number of aromatic nitrogens is 1. The highest BCUT2D eigenvalue weighted by molar-refractivity contribution is 7.91. The van der Waals surface area contributed by atoms with Gasteiger partial charge in [-0.05, 0) is 38.1 Å². The van der Waals surface area contributed by atoms with Crippen LogP contribution in [0.3, 0.4) is 0 Å². The Morgan fingerprint density at radius 3 is 2.39 bits per heavy atom. The van der Waals surface area contributed by atoms with Gasteiger partial charge in [0.25, 0.3) is 0 Å². The third-order valence-electron chi connectivity index (χ3n) is 2.48. The highest BCUT2D eigenvalue weighted by Crippen LogP contribution is 2.24. The average Bonchev–Trinajstić information content (AvgIpc) is 2.79. The van der Waals surface area contributed by atoms with E-state index in [1.54, 1.807) is 13.8 Å². The summed E-state index contributed by atoms with van der Waals surface area (Å²) in [6, 6.07) is 5.55. The summed E-state index contributed by atoms with van der Waals surface area (Å²) in [6.07, 6.45) is 1.32. The topological polar surface area (TPSA) is 60.2 Å². The first-order valence-corrected chi connectivity index (χ1v) is 6.91. The molecule has 0 atom stereocenters. The molecule has 2 rings (SSSR count). The normalized spacial score (nSPS) is 12.0. The van der Waals surface area contributed by atoms with Gasteiger partial charge in [0, 0.05) is 5.56 Å². The Kier molecular flexibility index (Phi) is 3.21. The van der Waals surface area contributed by atoms with Gasteiger partial charge in [-0.1, -0.05) is 0 Å². The van der Waals surface area contributed by atoms with Crippen LogP contribution in [0.1, 0.15) is 13.8 Å². The minimum atomic E-state index is -3.52. The second-order valence-corrected chi connectivity index (χ2v) is 6.47. The molecule has 1 aromatic heterocycles. The van der Waals surface area contributed by atoms with Crippen molar-refractivity contribution >= 4 is 9.84 Å². The number of nitrogens with zero attached hydrogens (tertiary/aromatic N) is 1. The lowest BCUT2D eigenvalue weighted by atomic mass is 10.2. The molecule has 2 aromatic rings. The number of benzene rings is 1. The molecule has 1 aromatic carbocycles. The van der Waals surface area contributed by atoms with Gasteiger partial charge in [0.2, 0.25) is 9.84 Å². The molecule has 0 aliphatic rings. The van der Waals surface area contributed by atoms with Crippen molar-refractivity contribution in [1.29, 1.82) is 0 Å². The Morgan fingerprint density at radius 2 is 1.83 bits per heavy atom. The van der Waals surface area contributed by atoms with Crippen molar-refractivity contribution in [2.75, 3.05) is 0 Å². The Labute approximate surface area is 104 Å². The number of rotatable bonds is 3. The summed E-state index contributed by atoms with van der Waals surface area (Å²) < 4.78 is 41.6. The monoisotopic (exact) mass is 269 g/mol. The fourth-order valence-electron chi connectivity index (χ4n) is 1.34. The molecule has 0 unspecified atom stereocenters. The first-order valence-electron chi connectivity index (χ1n) is 5.37. The quantitative estimate of drug-likeness (QED) is 0.859. The van der Waals surface area contributed by atoms with Gasteiger partial charge in [-0.2, -0.15) is 0 Å². The summed E-state index contributed by atoms with van der Waals surface area (Å²) in [5.41, 5.74) is 0.578. The molecule has 6 heteroatoms. The molecule has 0 amide bonds. The largest absolute Gasteiger partial charge is 0.428 e. The van der Waals surface area contributed by atoms with E-state index in [9.17, 15) is 12.8 Å². The maximum Gasteiger partial charge on any atom is 0.315 e. The fourth-order valence-corrected chi connectivity index (χ4v) is 2.15. The van der Waals surface area contributed by atoms with E-state index in [-0.39, 0.29) is 11.0 Å². The van der Waals surface area contributed by atoms with E-state index in [0.29, 0.717) is 11.3 Å². The molecular weight excluding hydrogens is 257 g/mol. The van der Waals surface area contributed by atoms with E-state index in [4.69, 9.17) is 4.42 Å². The molecule has 0 saturated heterocycles. The Morgan fingerprint density at radius 1 is 1.22 bits per heavy atom. The number of hydrogen-bond acceptors (Lipinski definition) is 4. The molecule has 0 radical (unpaired) electrons. The maximum absolute atomic E-state index is 12.8. The van der Waals surface area contributed by atoms with Crippen LogP contribution in [0.2, 0.25) is 0 Å². The van der Waals surface area contributed by atoms with Crippen LogP contribution in [0.4, 0.5) is 4.39 Å². The molecule has 4 nitrogen and oxygen atoms in total. The number of hydrogen-bond donors (Lipinski definition) is 0. The van der Waals surface area contributed by atoms with Gasteiger partial charge in [-0.25, -0.2) is 17.8 Å². The molecule has 0 bridgehead atoms. The molecule has 1 heterocycles. The summed E-state index contributed by atoms with van der Waals surface area (Å²) in [4.78, 5) is 3.76. The molecule has 0 fully saturated rings. The molecule has 18 heavy (non-hydrogen) atoms. The molecule has 0 saturated carbocycles. The number of halogens is 1. The van der Waals surface area contributed by atoms with E-state index in [1.165, 1.54) is 30.5 Å². The van der Waals surface area contributed by atoms with E-state index < -0.39 is 15.1 Å². The van der Waals surface area contributed by atoms with Gasteiger partial charge >= 0.3 is 5.22 Å². The average molecular weight is 269 g/mol. The fraction of sp³-hybridized carbons (Fsp3) is 0.250. The van der Waals surface area contributed by atoms with Crippen molar-refractivity contribution in [2.45, 2.75) is 24.3 Å². The van der Waals surface area contributed by atoms with Crippen molar-refractivity contribution in [3.8, 4) is 11.3 Å². The highest BCUT2D eigenvalue weighted by Gasteiger charge is 2.25. The highest BCUT2D eigenvalue weighted by atomic mass is 32.2. The van der Waals surface area contributed by atoms with Crippen LogP contribution in [-0.2, 0) is 9.84 Å². The lowest BCUT2D eigenvalue weighted by Gasteiger charge is -2.02. The van der Waals surface area contributed by atoms with E-state index in [0.717, 1.165) is 0 Å². The zero-order chi connectivity index (χ0) is 13.3. The first kappa shape index (κ1) is 12.8. The van der Waals surface area contributed by atoms with Crippen LogP contribution < -0.4 is 0 Å². The summed E-state index contributed by atoms with van der Waals surface area (Å²) in [5.74, 6) is -0.0671. The zero-order valence-corrected chi connectivity index (χ0v) is 10.7. The van der Waals surface area contributed by atoms with Crippen LogP contribution in [0, 0.1) is 5.82 Å². The lowest BCUT2D eigenvalue weighted by Crippen LogP contribution is -2.14. The van der Waals surface area contributed by atoms with Gasteiger partial charge in [-0.3, -0.25) is 0 Å². The smallest absolute Gasteiger partial charge is 0.315 e. The predicted molar refractivity (Wildman–Crippen MR) is 64.2 cm³/mol. The maximum atomic E-state index is 12.8. The second-order valence-electron chi connectivity index (χ2n) is 4.09. The molecule has 96 valence electrons. The van der Waals surface area contributed by atoms with Crippen molar-refractivity contribution in [2.24, 2.45) is 0 Å². The van der Waals surface area contributed by atoms with Crippen LogP contribution in [0.25, 0.3) is 11.3 Å². The summed E-state index contributed by atoms with van der Waals surface area (Å²) in [6.45, 7) is 3.11. The van der Waals surface area contributed by atoms with Crippen LogP contribution in [0.15, 0.2) is 40.1 Å². The van der Waals surface area contributed by atoms with Crippen molar-refractivity contribution in [1.82, 2.24) is 4.98 Å². The van der Waals surface area contributed by atoms with Gasteiger partial charge < -0.3 is 4.42 Å². The van der Waals surface area contributed by atoms with Crippen LogP contribution in [0.5, 0.6) is 0 Å². The zero-order valence-electron chi connectivity index (χ0n) is 9.92. The minimum absolute atomic E-state index is 0.300. The molecule has 0 spiro atoms. The molecule has 0 aliphatic heterocycles. The van der Waals surface area contributed by atoms with Crippen molar-refractivity contribution < 1.29 is 17.2 Å². The SMILES string of the molecule is CC(C)S(=O)(=O)c1ncc(-c2ccc(F)cc2)o1. The van der Waals surface area contributed by atoms with E-state index in [1.807, 2.05) is 0 Å². The minimum Gasteiger partial charge on any atom is -0.428 e. The summed E-state index contributed by atoms with van der Waals surface area (Å²) in [5, 5.41) is -0.908. The first-order chi connectivity index (χ1) is 8.41. The van der Waals surface area contributed by atoms with Crippen LogP contribution in [-0.4, -0.2) is 18.7 Å². The standard InChI is InChI=1S/C12H12FNO3S/c1-8(2)18(15,16)12-14-7-11(17-12)9-3-5-10(13)6-4-9/h3-8H,1-2H3. The van der Waals surface area contributed by atoms with Crippen molar-refractivity contribution in [3.63, 3.8) is 0 Å². The lowest BCUT2D eigenvalue weighted by molar-refractivity contribution is 0.437. The van der Waals surface area contributed by atoms with Gasteiger partial charge in [-0.15, -0.1) is 0 Å². The van der Waals surface area contributed by atoms with Gasteiger partial charge in [0.1, 0.15) is 5.82 Å². The predicted octanol–water partition coefficient (Wildman–Crippen LogP) is 2.66. The third-order valence-corrected chi connectivity index (χ3v) is 4.39. The Hall–Kier alpha value is -1.69. The Bertz CT molecular complexity index is 644. The number of sulfone groups is 1. The molecular formula is C12H12FNO3S. The van der Waals surface area contributed by atoms with Gasteiger partial charge in [0.05, 0.1) is 11.4 Å².